The number of halogens is 2. The number of carboxylic acids is 1. The maximum absolute atomic E-state index is 10.4. The molecule has 0 bridgehead atoms. The Hall–Kier alpha value is -0.730. The fraction of sp³-hybridized carbons (Fsp3) is 0.222. The van der Waals surface area contributed by atoms with E-state index >= 15 is 0 Å². The normalized spacial score (nSPS) is 8.62. The molecule has 13 heavy (non-hydrogen) atoms. The van der Waals surface area contributed by atoms with E-state index in [0.717, 1.165) is 0 Å². The average molecular weight is 221 g/mol. The van der Waals surface area contributed by atoms with E-state index in [1.807, 2.05) is 13.8 Å². The molecule has 0 atom stereocenters. The number of rotatable bonds is 1. The van der Waals surface area contributed by atoms with Gasteiger partial charge in [-0.05, 0) is 12.1 Å². The van der Waals surface area contributed by atoms with Crippen molar-refractivity contribution in [2.24, 2.45) is 0 Å². The molecule has 1 rings (SSSR count). The Labute approximate surface area is 87.1 Å². The van der Waals surface area contributed by atoms with Gasteiger partial charge in [0, 0.05) is 0 Å². The zero-order valence-corrected chi connectivity index (χ0v) is 8.86. The minimum atomic E-state index is -1.07. The van der Waals surface area contributed by atoms with Gasteiger partial charge in [-0.1, -0.05) is 43.1 Å². The minimum absolute atomic E-state index is 0.0270. The second-order valence-corrected chi connectivity index (χ2v) is 2.69. The van der Waals surface area contributed by atoms with Crippen molar-refractivity contribution in [1.82, 2.24) is 0 Å². The molecular weight excluding hydrogens is 211 g/mol. The minimum Gasteiger partial charge on any atom is -0.478 e. The van der Waals surface area contributed by atoms with Crippen molar-refractivity contribution < 1.29 is 9.90 Å². The summed E-state index contributed by atoms with van der Waals surface area (Å²) in [5.74, 6) is -1.07. The van der Waals surface area contributed by atoms with Gasteiger partial charge >= 0.3 is 5.97 Å². The number of carboxylic acid groups (broad SMARTS) is 1. The van der Waals surface area contributed by atoms with Crippen LogP contribution in [0.5, 0.6) is 0 Å². The van der Waals surface area contributed by atoms with Crippen molar-refractivity contribution in [3.05, 3.63) is 33.8 Å². The summed E-state index contributed by atoms with van der Waals surface area (Å²) in [7, 11) is 0. The Morgan fingerprint density at radius 2 is 1.85 bits per heavy atom. The van der Waals surface area contributed by atoms with Crippen LogP contribution in [0.1, 0.15) is 24.2 Å². The predicted octanol–water partition coefficient (Wildman–Crippen LogP) is 3.72. The van der Waals surface area contributed by atoms with Crippen LogP contribution in [0.2, 0.25) is 10.0 Å². The van der Waals surface area contributed by atoms with Crippen LogP contribution in [0.4, 0.5) is 0 Å². The lowest BCUT2D eigenvalue weighted by molar-refractivity contribution is 0.0697. The predicted molar refractivity (Wildman–Crippen MR) is 54.8 cm³/mol. The standard InChI is InChI=1S/C7H4Cl2O2.C2H6/c8-5-3-1-2-4(6(5)9)7(10)11;1-2/h1-3H,(H,10,11);1-2H3. The summed E-state index contributed by atoms with van der Waals surface area (Å²) in [6.45, 7) is 4.00. The van der Waals surface area contributed by atoms with Gasteiger partial charge in [-0.15, -0.1) is 0 Å². The van der Waals surface area contributed by atoms with Crippen LogP contribution in [0.15, 0.2) is 18.2 Å². The second-order valence-electron chi connectivity index (χ2n) is 1.91. The third-order valence-electron chi connectivity index (χ3n) is 1.18. The zero-order chi connectivity index (χ0) is 10.4. The molecule has 0 spiro atoms. The summed E-state index contributed by atoms with van der Waals surface area (Å²) in [6, 6.07) is 4.48. The molecule has 0 aliphatic carbocycles. The molecule has 1 N–H and O–H groups in total. The molecule has 1 aromatic carbocycles. The number of hydrogen-bond acceptors (Lipinski definition) is 1. The molecule has 0 aliphatic heterocycles. The molecule has 0 radical (unpaired) electrons. The molecule has 0 fully saturated rings. The molecule has 4 heteroatoms. The number of carbonyl (C=O) groups is 1. The van der Waals surface area contributed by atoms with Crippen molar-refractivity contribution in [3.63, 3.8) is 0 Å². The molecular formula is C9H10Cl2O2. The monoisotopic (exact) mass is 220 g/mol. The number of aromatic carboxylic acids is 1. The van der Waals surface area contributed by atoms with Crippen LogP contribution in [0.3, 0.4) is 0 Å². The molecule has 0 unspecified atom stereocenters. The third-order valence-corrected chi connectivity index (χ3v) is 2.00. The highest BCUT2D eigenvalue weighted by molar-refractivity contribution is 6.43. The van der Waals surface area contributed by atoms with Gasteiger partial charge in [0.2, 0.25) is 0 Å². The first kappa shape index (κ1) is 12.3. The molecule has 0 saturated heterocycles. The summed E-state index contributed by atoms with van der Waals surface area (Å²) in [4.78, 5) is 10.4. The lowest BCUT2D eigenvalue weighted by Crippen LogP contribution is -1.96. The van der Waals surface area contributed by atoms with Crippen molar-refractivity contribution >= 4 is 29.2 Å². The number of benzene rings is 1. The van der Waals surface area contributed by atoms with Crippen LogP contribution in [-0.2, 0) is 0 Å². The van der Waals surface area contributed by atoms with E-state index in [1.54, 1.807) is 0 Å². The molecule has 0 aromatic heterocycles. The van der Waals surface area contributed by atoms with Gasteiger partial charge in [0.15, 0.2) is 0 Å². The lowest BCUT2D eigenvalue weighted by Gasteiger charge is -1.98. The maximum atomic E-state index is 10.4. The quantitative estimate of drug-likeness (QED) is 0.784. The smallest absolute Gasteiger partial charge is 0.337 e. The Morgan fingerprint density at radius 3 is 2.23 bits per heavy atom. The van der Waals surface area contributed by atoms with Gasteiger partial charge in [0.1, 0.15) is 0 Å². The molecule has 1 aromatic rings. The highest BCUT2D eigenvalue weighted by atomic mass is 35.5. The first-order valence-corrected chi connectivity index (χ1v) is 4.56. The first-order valence-electron chi connectivity index (χ1n) is 3.80. The Balaban J connectivity index is 0.000000671. The number of hydrogen-bond donors (Lipinski definition) is 1. The third kappa shape index (κ3) is 3.25. The summed E-state index contributed by atoms with van der Waals surface area (Å²) in [5, 5.41) is 8.89. The van der Waals surface area contributed by atoms with Crippen LogP contribution in [0, 0.1) is 0 Å². The van der Waals surface area contributed by atoms with Crippen molar-refractivity contribution in [2.75, 3.05) is 0 Å². The van der Waals surface area contributed by atoms with Gasteiger partial charge in [-0.25, -0.2) is 4.79 Å². The molecule has 0 aliphatic rings. The van der Waals surface area contributed by atoms with Crippen molar-refractivity contribution in [3.8, 4) is 0 Å². The summed E-state index contributed by atoms with van der Waals surface area (Å²) in [6.07, 6.45) is 0. The largest absolute Gasteiger partial charge is 0.478 e. The van der Waals surface area contributed by atoms with Crippen LogP contribution < -0.4 is 0 Å². The highest BCUT2D eigenvalue weighted by Gasteiger charge is 2.09. The maximum Gasteiger partial charge on any atom is 0.337 e. The SMILES string of the molecule is CC.O=C(O)c1cccc(Cl)c1Cl. The van der Waals surface area contributed by atoms with Gasteiger partial charge < -0.3 is 5.11 Å². The van der Waals surface area contributed by atoms with Crippen LogP contribution >= 0.6 is 23.2 Å². The van der Waals surface area contributed by atoms with E-state index < -0.39 is 5.97 Å². The fourth-order valence-corrected chi connectivity index (χ4v) is 1.05. The molecule has 0 amide bonds. The molecule has 0 saturated carbocycles. The van der Waals surface area contributed by atoms with Gasteiger partial charge in [-0.3, -0.25) is 0 Å². The van der Waals surface area contributed by atoms with Crippen LogP contribution in [0.25, 0.3) is 0 Å². The Kier molecular flexibility index (Phi) is 5.51. The van der Waals surface area contributed by atoms with E-state index in [9.17, 15) is 4.79 Å². The van der Waals surface area contributed by atoms with Crippen molar-refractivity contribution in [2.45, 2.75) is 13.8 Å². The summed E-state index contributed by atoms with van der Waals surface area (Å²) in [5.41, 5.74) is 0.0270. The van der Waals surface area contributed by atoms with Gasteiger partial charge in [0.05, 0.1) is 15.6 Å². The lowest BCUT2D eigenvalue weighted by atomic mass is 10.2. The zero-order valence-electron chi connectivity index (χ0n) is 7.34. The average Bonchev–Trinajstić information content (AvgIpc) is 2.13. The summed E-state index contributed by atoms with van der Waals surface area (Å²) >= 11 is 11.1. The molecule has 0 heterocycles. The van der Waals surface area contributed by atoms with Crippen molar-refractivity contribution in [1.29, 1.82) is 0 Å². The summed E-state index contributed by atoms with van der Waals surface area (Å²) < 4.78 is 0. The van der Waals surface area contributed by atoms with E-state index in [-0.39, 0.29) is 15.6 Å². The first-order chi connectivity index (χ1) is 6.13. The van der Waals surface area contributed by atoms with E-state index in [2.05, 4.69) is 0 Å². The fourth-order valence-electron chi connectivity index (χ4n) is 0.669. The highest BCUT2D eigenvalue weighted by Crippen LogP contribution is 2.25. The van der Waals surface area contributed by atoms with Gasteiger partial charge in [0.25, 0.3) is 0 Å². The molecule has 72 valence electrons. The second kappa shape index (κ2) is 5.84. The van der Waals surface area contributed by atoms with E-state index in [4.69, 9.17) is 28.3 Å². The molecule has 2 nitrogen and oxygen atoms in total. The van der Waals surface area contributed by atoms with E-state index in [1.165, 1.54) is 18.2 Å². The van der Waals surface area contributed by atoms with E-state index in [0.29, 0.717) is 0 Å². The Morgan fingerprint density at radius 1 is 1.31 bits per heavy atom. The topological polar surface area (TPSA) is 37.3 Å². The van der Waals surface area contributed by atoms with Crippen LogP contribution in [-0.4, -0.2) is 11.1 Å². The Bertz CT molecular complexity index is 298. The van der Waals surface area contributed by atoms with Gasteiger partial charge in [-0.2, -0.15) is 0 Å².